The van der Waals surface area contributed by atoms with Gasteiger partial charge in [0, 0.05) is 18.9 Å². The van der Waals surface area contributed by atoms with Crippen molar-refractivity contribution in [1.82, 2.24) is 0 Å². The Kier molecular flexibility index (Phi) is 4.59. The maximum absolute atomic E-state index is 11.6. The van der Waals surface area contributed by atoms with Gasteiger partial charge >= 0.3 is 0 Å². The lowest BCUT2D eigenvalue weighted by molar-refractivity contribution is 0.217. The summed E-state index contributed by atoms with van der Waals surface area (Å²) in [5, 5.41) is 0. The molecule has 0 unspecified atom stereocenters. The highest BCUT2D eigenvalue weighted by atomic mass is 32.2. The van der Waals surface area contributed by atoms with E-state index in [0.717, 1.165) is 0 Å². The molecule has 1 aromatic rings. The average molecular weight is 260 g/mol. The standard InChI is InChI=1S/C10H16N2O4S/c1-15-5-6-17(13,14)12-9-4-3-8(11)7-10(9)16-2/h3-4,7,12H,5-6,11H2,1-2H3. The van der Waals surface area contributed by atoms with Gasteiger partial charge in [-0.1, -0.05) is 0 Å². The van der Waals surface area contributed by atoms with Gasteiger partial charge in [-0.05, 0) is 12.1 Å². The summed E-state index contributed by atoms with van der Waals surface area (Å²) >= 11 is 0. The normalized spacial score (nSPS) is 11.2. The van der Waals surface area contributed by atoms with E-state index < -0.39 is 10.0 Å². The number of hydrogen-bond acceptors (Lipinski definition) is 5. The molecule has 0 saturated heterocycles. The topological polar surface area (TPSA) is 90.7 Å². The first-order valence-corrected chi connectivity index (χ1v) is 6.56. The lowest BCUT2D eigenvalue weighted by Crippen LogP contribution is -2.20. The van der Waals surface area contributed by atoms with Crippen LogP contribution in [0.4, 0.5) is 11.4 Å². The molecule has 0 saturated carbocycles. The number of nitrogen functional groups attached to an aromatic ring is 1. The van der Waals surface area contributed by atoms with Crippen molar-refractivity contribution in [2.24, 2.45) is 0 Å². The lowest BCUT2D eigenvalue weighted by Gasteiger charge is -2.12. The van der Waals surface area contributed by atoms with Crippen LogP contribution in [0.25, 0.3) is 0 Å². The maximum atomic E-state index is 11.6. The van der Waals surface area contributed by atoms with E-state index in [4.69, 9.17) is 15.2 Å². The molecule has 1 aromatic carbocycles. The van der Waals surface area contributed by atoms with Gasteiger partial charge in [0.05, 0.1) is 25.2 Å². The summed E-state index contributed by atoms with van der Waals surface area (Å²) in [5.41, 5.74) is 6.43. The number of sulfonamides is 1. The highest BCUT2D eigenvalue weighted by molar-refractivity contribution is 7.92. The van der Waals surface area contributed by atoms with Crippen LogP contribution in [0.5, 0.6) is 5.75 Å². The number of nitrogens with two attached hydrogens (primary N) is 1. The zero-order chi connectivity index (χ0) is 12.9. The Balaban J connectivity index is 2.87. The van der Waals surface area contributed by atoms with Crippen LogP contribution >= 0.6 is 0 Å². The van der Waals surface area contributed by atoms with Gasteiger partial charge in [0.1, 0.15) is 5.75 Å². The van der Waals surface area contributed by atoms with Crippen molar-refractivity contribution < 1.29 is 17.9 Å². The maximum Gasteiger partial charge on any atom is 0.235 e. The minimum atomic E-state index is -3.44. The number of benzene rings is 1. The summed E-state index contributed by atoms with van der Waals surface area (Å²) in [6.07, 6.45) is 0. The Bertz CT molecular complexity index is 473. The minimum absolute atomic E-state index is 0.114. The summed E-state index contributed by atoms with van der Waals surface area (Å²) in [6.45, 7) is 0.132. The second-order valence-electron chi connectivity index (χ2n) is 3.37. The zero-order valence-corrected chi connectivity index (χ0v) is 10.6. The van der Waals surface area contributed by atoms with E-state index in [2.05, 4.69) is 4.72 Å². The van der Waals surface area contributed by atoms with Crippen LogP contribution in [0.1, 0.15) is 0 Å². The van der Waals surface area contributed by atoms with Crippen LogP contribution in [-0.4, -0.2) is 35.0 Å². The van der Waals surface area contributed by atoms with E-state index in [1.807, 2.05) is 0 Å². The Morgan fingerprint density at radius 1 is 1.35 bits per heavy atom. The molecule has 0 bridgehead atoms. The molecule has 7 heteroatoms. The van der Waals surface area contributed by atoms with E-state index in [-0.39, 0.29) is 12.4 Å². The molecule has 3 N–H and O–H groups in total. The van der Waals surface area contributed by atoms with Crippen LogP contribution in [0.3, 0.4) is 0 Å². The van der Waals surface area contributed by atoms with E-state index >= 15 is 0 Å². The highest BCUT2D eigenvalue weighted by Gasteiger charge is 2.13. The molecule has 6 nitrogen and oxygen atoms in total. The lowest BCUT2D eigenvalue weighted by atomic mass is 10.2. The van der Waals surface area contributed by atoms with Crippen molar-refractivity contribution in [2.45, 2.75) is 0 Å². The molecule has 0 atom stereocenters. The van der Waals surface area contributed by atoms with Crippen molar-refractivity contribution in [3.05, 3.63) is 18.2 Å². The molecule has 96 valence electrons. The van der Waals surface area contributed by atoms with Crippen molar-refractivity contribution in [1.29, 1.82) is 0 Å². The van der Waals surface area contributed by atoms with Crippen molar-refractivity contribution in [3.63, 3.8) is 0 Å². The first kappa shape index (κ1) is 13.6. The number of rotatable bonds is 6. The third-order valence-corrected chi connectivity index (χ3v) is 3.28. The summed E-state index contributed by atoms with van der Waals surface area (Å²) in [6, 6.07) is 4.70. The third kappa shape index (κ3) is 4.12. The van der Waals surface area contributed by atoms with Crippen LogP contribution in [0.15, 0.2) is 18.2 Å². The number of nitrogens with one attached hydrogen (secondary N) is 1. The van der Waals surface area contributed by atoms with E-state index in [9.17, 15) is 8.42 Å². The van der Waals surface area contributed by atoms with Gasteiger partial charge in [-0.15, -0.1) is 0 Å². The Morgan fingerprint density at radius 3 is 2.65 bits per heavy atom. The molecule has 0 amide bonds. The van der Waals surface area contributed by atoms with Crippen molar-refractivity contribution >= 4 is 21.4 Å². The molecule has 0 aliphatic heterocycles. The van der Waals surface area contributed by atoms with Crippen LogP contribution in [-0.2, 0) is 14.8 Å². The molecular formula is C10H16N2O4S. The van der Waals surface area contributed by atoms with E-state index in [1.165, 1.54) is 14.2 Å². The monoisotopic (exact) mass is 260 g/mol. The molecule has 0 radical (unpaired) electrons. The second-order valence-corrected chi connectivity index (χ2v) is 5.22. The van der Waals surface area contributed by atoms with Gasteiger partial charge in [-0.2, -0.15) is 0 Å². The predicted octanol–water partition coefficient (Wildman–Crippen LogP) is 0.665. The largest absolute Gasteiger partial charge is 0.494 e. The van der Waals surface area contributed by atoms with Crippen LogP contribution in [0, 0.1) is 0 Å². The summed E-state index contributed by atoms with van der Waals surface area (Å²) < 4.78 is 35.4. The molecule has 0 spiro atoms. The quantitative estimate of drug-likeness (QED) is 0.733. The number of anilines is 2. The first-order chi connectivity index (χ1) is 7.98. The smallest absolute Gasteiger partial charge is 0.235 e. The van der Waals surface area contributed by atoms with Crippen LogP contribution < -0.4 is 15.2 Å². The number of methoxy groups -OCH3 is 2. The summed E-state index contributed by atoms with van der Waals surface area (Å²) in [7, 11) is -0.548. The fourth-order valence-corrected chi connectivity index (χ4v) is 2.20. The van der Waals surface area contributed by atoms with Gasteiger partial charge in [-0.3, -0.25) is 4.72 Å². The number of ether oxygens (including phenoxy) is 2. The fourth-order valence-electron chi connectivity index (χ4n) is 1.20. The first-order valence-electron chi connectivity index (χ1n) is 4.91. The minimum Gasteiger partial charge on any atom is -0.494 e. The Hall–Kier alpha value is -1.47. The Morgan fingerprint density at radius 2 is 2.06 bits per heavy atom. The summed E-state index contributed by atoms with van der Waals surface area (Å²) in [4.78, 5) is 0. The molecule has 1 rings (SSSR count). The van der Waals surface area contributed by atoms with Crippen molar-refractivity contribution in [3.8, 4) is 5.75 Å². The van der Waals surface area contributed by atoms with Gasteiger partial charge in [0.2, 0.25) is 10.0 Å². The SMILES string of the molecule is COCCS(=O)(=O)Nc1ccc(N)cc1OC. The van der Waals surface area contributed by atoms with E-state index in [1.54, 1.807) is 18.2 Å². The van der Waals surface area contributed by atoms with Crippen molar-refractivity contribution in [2.75, 3.05) is 37.0 Å². The fraction of sp³-hybridized carbons (Fsp3) is 0.400. The third-order valence-electron chi connectivity index (χ3n) is 2.05. The van der Waals surface area contributed by atoms with Gasteiger partial charge in [0.25, 0.3) is 0 Å². The van der Waals surface area contributed by atoms with Gasteiger partial charge in [-0.25, -0.2) is 8.42 Å². The van der Waals surface area contributed by atoms with Gasteiger partial charge in [0.15, 0.2) is 0 Å². The molecule has 17 heavy (non-hydrogen) atoms. The van der Waals surface area contributed by atoms with Crippen LogP contribution in [0.2, 0.25) is 0 Å². The molecule has 0 aliphatic carbocycles. The Labute approximate surface area is 101 Å². The van der Waals surface area contributed by atoms with Gasteiger partial charge < -0.3 is 15.2 Å². The highest BCUT2D eigenvalue weighted by Crippen LogP contribution is 2.27. The molecule has 0 fully saturated rings. The predicted molar refractivity (Wildman–Crippen MR) is 66.7 cm³/mol. The summed E-state index contributed by atoms with van der Waals surface area (Å²) in [5.74, 6) is 0.266. The molecule has 0 aromatic heterocycles. The molecule has 0 heterocycles. The number of hydrogen-bond donors (Lipinski definition) is 2. The molecular weight excluding hydrogens is 244 g/mol. The second kappa shape index (κ2) is 5.74. The molecule has 0 aliphatic rings. The zero-order valence-electron chi connectivity index (χ0n) is 9.76. The average Bonchev–Trinajstić information content (AvgIpc) is 2.28. The van der Waals surface area contributed by atoms with E-state index in [0.29, 0.717) is 17.1 Å².